The summed E-state index contributed by atoms with van der Waals surface area (Å²) in [5.41, 5.74) is 8.85. The van der Waals surface area contributed by atoms with Crippen LogP contribution in [0.2, 0.25) is 0 Å². The van der Waals surface area contributed by atoms with Crippen molar-refractivity contribution in [3.8, 4) is 0 Å². The summed E-state index contributed by atoms with van der Waals surface area (Å²) < 4.78 is 5.30. The van der Waals surface area contributed by atoms with Gasteiger partial charge in [0.15, 0.2) is 0 Å². The van der Waals surface area contributed by atoms with Gasteiger partial charge in [-0.25, -0.2) is 0 Å². The van der Waals surface area contributed by atoms with Crippen LogP contribution in [0.25, 0.3) is 0 Å². The number of hydrogen-bond donors (Lipinski definition) is 1. The molecule has 0 atom stereocenters. The second-order valence-corrected chi connectivity index (χ2v) is 5.79. The molecule has 2 nitrogen and oxygen atoms in total. The maximum Gasteiger partial charge on any atom is 0.0560 e. The van der Waals surface area contributed by atoms with Crippen LogP contribution in [0.3, 0.4) is 0 Å². The lowest BCUT2D eigenvalue weighted by Crippen LogP contribution is -2.49. The highest BCUT2D eigenvalue weighted by Crippen LogP contribution is 2.30. The zero-order valence-electron chi connectivity index (χ0n) is 10.9. The molecule has 17 heavy (non-hydrogen) atoms. The average molecular weight is 233 g/mol. The molecule has 2 heteroatoms. The molecule has 2 N–H and O–H groups in total. The van der Waals surface area contributed by atoms with Crippen molar-refractivity contribution >= 4 is 0 Å². The van der Waals surface area contributed by atoms with Crippen molar-refractivity contribution in [1.29, 1.82) is 0 Å². The molecule has 1 aromatic rings. The number of ether oxygens (including phenoxy) is 1. The monoisotopic (exact) mass is 233 g/mol. The molecule has 0 aromatic heterocycles. The molecule has 1 aliphatic heterocycles. The third-order valence-corrected chi connectivity index (χ3v) is 3.50. The largest absolute Gasteiger partial charge is 0.380 e. The fourth-order valence-electron chi connectivity index (χ4n) is 2.38. The molecule has 0 saturated carbocycles. The summed E-state index contributed by atoms with van der Waals surface area (Å²) in [4.78, 5) is 0. The first-order valence-corrected chi connectivity index (χ1v) is 6.49. The molecule has 1 aromatic carbocycles. The summed E-state index contributed by atoms with van der Waals surface area (Å²) in [5, 5.41) is 0. The van der Waals surface area contributed by atoms with Crippen molar-refractivity contribution in [3.05, 3.63) is 35.4 Å². The minimum Gasteiger partial charge on any atom is -0.380 e. The first kappa shape index (κ1) is 12.6. The maximum absolute atomic E-state index is 5.83. The predicted octanol–water partition coefficient (Wildman–Crippen LogP) is 2.40. The Morgan fingerprint density at radius 1 is 1.18 bits per heavy atom. The lowest BCUT2D eigenvalue weighted by atomic mass is 9.80. The molecule has 0 unspecified atom stereocenters. The quantitative estimate of drug-likeness (QED) is 0.847. The highest BCUT2D eigenvalue weighted by molar-refractivity contribution is 5.24. The van der Waals surface area contributed by atoms with E-state index in [-0.39, 0.29) is 5.41 Å². The van der Waals surface area contributed by atoms with E-state index in [4.69, 9.17) is 10.5 Å². The normalized spacial score (nSPS) is 18.1. The second kappa shape index (κ2) is 5.19. The molecule has 2 rings (SSSR count). The van der Waals surface area contributed by atoms with Gasteiger partial charge in [0.25, 0.3) is 0 Å². The Bertz CT molecular complexity index is 346. The van der Waals surface area contributed by atoms with Crippen LogP contribution in [0, 0.1) is 11.3 Å². The van der Waals surface area contributed by atoms with Crippen LogP contribution in [-0.4, -0.2) is 19.8 Å². The first-order valence-electron chi connectivity index (χ1n) is 6.49. The van der Waals surface area contributed by atoms with E-state index in [2.05, 4.69) is 38.1 Å². The number of rotatable bonds is 5. The summed E-state index contributed by atoms with van der Waals surface area (Å²) in [5.74, 6) is 0.719. The lowest BCUT2D eigenvalue weighted by Gasteiger charge is -2.40. The van der Waals surface area contributed by atoms with Crippen LogP contribution in [0.5, 0.6) is 0 Å². The van der Waals surface area contributed by atoms with E-state index >= 15 is 0 Å². The smallest absolute Gasteiger partial charge is 0.0560 e. The van der Waals surface area contributed by atoms with Gasteiger partial charge in [0.05, 0.1) is 13.2 Å². The minimum atomic E-state index is 0.208. The van der Waals surface area contributed by atoms with E-state index in [0.717, 1.165) is 38.5 Å². The van der Waals surface area contributed by atoms with E-state index in [1.54, 1.807) is 0 Å². The van der Waals surface area contributed by atoms with Crippen LogP contribution in [0.1, 0.15) is 25.0 Å². The highest BCUT2D eigenvalue weighted by atomic mass is 16.5. The molecule has 0 radical (unpaired) electrons. The van der Waals surface area contributed by atoms with Gasteiger partial charge >= 0.3 is 0 Å². The van der Waals surface area contributed by atoms with Crippen LogP contribution in [0.4, 0.5) is 0 Å². The van der Waals surface area contributed by atoms with Crippen LogP contribution in [-0.2, 0) is 17.6 Å². The van der Waals surface area contributed by atoms with E-state index in [0.29, 0.717) is 0 Å². The first-order chi connectivity index (χ1) is 8.13. The molecule has 1 saturated heterocycles. The molecular weight excluding hydrogens is 210 g/mol. The summed E-state index contributed by atoms with van der Waals surface area (Å²) >= 11 is 0. The zero-order valence-corrected chi connectivity index (χ0v) is 10.9. The number of hydrogen-bond acceptors (Lipinski definition) is 2. The average Bonchev–Trinajstić information content (AvgIpc) is 2.25. The summed E-state index contributed by atoms with van der Waals surface area (Å²) in [7, 11) is 0. The van der Waals surface area contributed by atoms with E-state index in [9.17, 15) is 0 Å². The Morgan fingerprint density at radius 2 is 1.76 bits per heavy atom. The summed E-state index contributed by atoms with van der Waals surface area (Å²) in [6, 6.07) is 8.99. The fourth-order valence-corrected chi connectivity index (χ4v) is 2.38. The molecule has 0 bridgehead atoms. The fraction of sp³-hybridized carbons (Fsp3) is 0.600. The predicted molar refractivity (Wildman–Crippen MR) is 71.0 cm³/mol. The van der Waals surface area contributed by atoms with Gasteiger partial charge in [0.2, 0.25) is 0 Å². The Kier molecular flexibility index (Phi) is 3.85. The number of nitrogens with two attached hydrogens (primary N) is 1. The molecule has 1 fully saturated rings. The van der Waals surface area contributed by atoms with E-state index in [1.807, 2.05) is 0 Å². The molecule has 94 valence electrons. The van der Waals surface area contributed by atoms with Crippen molar-refractivity contribution < 1.29 is 4.74 Å². The van der Waals surface area contributed by atoms with E-state index in [1.165, 1.54) is 11.1 Å². The van der Waals surface area contributed by atoms with Gasteiger partial charge in [-0.3, -0.25) is 0 Å². The third kappa shape index (κ3) is 3.08. The van der Waals surface area contributed by atoms with Gasteiger partial charge in [-0.15, -0.1) is 0 Å². The Labute approximate surface area is 104 Å². The van der Waals surface area contributed by atoms with Crippen molar-refractivity contribution in [2.45, 2.75) is 26.7 Å². The Balaban J connectivity index is 1.98. The minimum absolute atomic E-state index is 0.208. The zero-order chi connectivity index (χ0) is 12.3. The summed E-state index contributed by atoms with van der Waals surface area (Å²) in [6.45, 7) is 6.86. The van der Waals surface area contributed by atoms with Crippen LogP contribution in [0.15, 0.2) is 24.3 Å². The molecule has 1 heterocycles. The highest BCUT2D eigenvalue weighted by Gasteiger charge is 2.37. The van der Waals surface area contributed by atoms with Gasteiger partial charge in [-0.1, -0.05) is 38.1 Å². The van der Waals surface area contributed by atoms with Crippen LogP contribution >= 0.6 is 0 Å². The van der Waals surface area contributed by atoms with Gasteiger partial charge in [-0.05, 0) is 29.9 Å². The molecule has 0 amide bonds. The molecule has 0 aliphatic carbocycles. The molecule has 0 spiro atoms. The Morgan fingerprint density at radius 3 is 2.18 bits per heavy atom. The lowest BCUT2D eigenvalue weighted by molar-refractivity contribution is -0.106. The Hall–Kier alpha value is -0.860. The van der Waals surface area contributed by atoms with Gasteiger partial charge in [-0.2, -0.15) is 0 Å². The van der Waals surface area contributed by atoms with E-state index < -0.39 is 0 Å². The van der Waals surface area contributed by atoms with Gasteiger partial charge in [0.1, 0.15) is 0 Å². The van der Waals surface area contributed by atoms with Crippen molar-refractivity contribution in [2.75, 3.05) is 19.8 Å². The van der Waals surface area contributed by atoms with Crippen LogP contribution < -0.4 is 5.73 Å². The SMILES string of the molecule is CC(C)Cc1ccc(CC2(CN)COC2)cc1. The standard InChI is InChI=1S/C15H23NO/c1-12(2)7-13-3-5-14(6-4-13)8-15(9-16)10-17-11-15/h3-6,12H,7-11,16H2,1-2H3. The van der Waals surface area contributed by atoms with Gasteiger partial charge < -0.3 is 10.5 Å². The second-order valence-electron chi connectivity index (χ2n) is 5.79. The van der Waals surface area contributed by atoms with Crippen molar-refractivity contribution in [2.24, 2.45) is 17.1 Å². The van der Waals surface area contributed by atoms with Crippen molar-refractivity contribution in [3.63, 3.8) is 0 Å². The topological polar surface area (TPSA) is 35.2 Å². The maximum atomic E-state index is 5.83. The van der Waals surface area contributed by atoms with Crippen molar-refractivity contribution in [1.82, 2.24) is 0 Å². The summed E-state index contributed by atoms with van der Waals surface area (Å²) in [6.07, 6.45) is 2.21. The third-order valence-electron chi connectivity index (χ3n) is 3.50. The molecular formula is C15H23NO. The molecule has 1 aliphatic rings. The van der Waals surface area contributed by atoms with Gasteiger partial charge in [0, 0.05) is 12.0 Å². The number of benzene rings is 1.